The van der Waals surface area contributed by atoms with Gasteiger partial charge in [0.2, 0.25) is 0 Å². The standard InChI is InChI=1S/C53H63N5O9/c1-7-17-57(19-20-64-23-24-65-22-21-61-4)42-26-37(35-66-51-31-45(41(34-59)29-49(51)62-5)55-33-43-28-40-13-9-10-14-47(40)56(43)3)25-38(27-42)36-67-52-32-46(54-2)44(30-50(52)63-6)53(60)58-18-16-39-12-8-11-15-48(39)58/h8-15,25-27,29-34,43,54H,7,16-24,28,35-36H2,1-6H3/b55-33-. The van der Waals surface area contributed by atoms with Crippen molar-refractivity contribution >= 4 is 46.8 Å². The normalized spacial score (nSPS) is 14.0. The second-order valence-corrected chi connectivity index (χ2v) is 16.4. The van der Waals surface area contributed by atoms with E-state index in [0.717, 1.165) is 60.2 Å². The highest BCUT2D eigenvalue weighted by molar-refractivity contribution is 6.11. The fourth-order valence-corrected chi connectivity index (χ4v) is 8.53. The van der Waals surface area contributed by atoms with Crippen molar-refractivity contribution in [3.05, 3.63) is 124 Å². The fraction of sp³-hybridized carbons (Fsp3) is 0.377. The van der Waals surface area contributed by atoms with E-state index in [4.69, 9.17) is 38.2 Å². The number of nitrogens with one attached hydrogen (secondary N) is 1. The lowest BCUT2D eigenvalue weighted by Crippen LogP contribution is -2.29. The largest absolute Gasteiger partial charge is 0.493 e. The van der Waals surface area contributed by atoms with Crippen LogP contribution in [0.4, 0.5) is 28.4 Å². The SMILES string of the molecule is CCCN(CCOCCOCCOC)c1cc(COc2cc(/N=C\C3Cc4ccccc4N3C)c(C=O)cc2OC)cc(COc2cc(NC)c(C(=O)N3CCc4ccccc43)cc2OC)c1. The number of fused-ring (bicyclic) bond motifs is 2. The molecule has 1 N–H and O–H groups in total. The van der Waals surface area contributed by atoms with Gasteiger partial charge in [0.1, 0.15) is 13.2 Å². The first-order valence-electron chi connectivity index (χ1n) is 22.9. The summed E-state index contributed by atoms with van der Waals surface area (Å²) >= 11 is 0. The molecule has 5 aromatic carbocycles. The van der Waals surface area contributed by atoms with Gasteiger partial charge in [0.15, 0.2) is 29.3 Å². The van der Waals surface area contributed by atoms with Crippen molar-refractivity contribution < 1.29 is 42.7 Å². The Morgan fingerprint density at radius 3 is 2.10 bits per heavy atom. The van der Waals surface area contributed by atoms with Gasteiger partial charge in [-0.05, 0) is 84.0 Å². The number of anilines is 4. The lowest BCUT2D eigenvalue weighted by molar-refractivity contribution is 0.0264. The summed E-state index contributed by atoms with van der Waals surface area (Å²) in [5.41, 5.74) is 9.27. The molecular formula is C53H63N5O9. The molecule has 1 amide bonds. The summed E-state index contributed by atoms with van der Waals surface area (Å²) in [6.07, 6.45) is 5.22. The number of hydrogen-bond donors (Lipinski definition) is 1. The molecule has 0 saturated heterocycles. The number of nitrogens with zero attached hydrogens (tertiary/aromatic N) is 4. The van der Waals surface area contributed by atoms with Gasteiger partial charge in [-0.2, -0.15) is 0 Å². The maximum absolute atomic E-state index is 14.0. The first-order chi connectivity index (χ1) is 32.8. The molecule has 354 valence electrons. The number of aldehydes is 1. The number of carbonyl (C=O) groups excluding carboxylic acids is 2. The van der Waals surface area contributed by atoms with Crippen LogP contribution in [0, 0.1) is 0 Å². The number of rotatable bonds is 25. The molecule has 7 rings (SSSR count). The Bertz CT molecular complexity index is 2500. The van der Waals surface area contributed by atoms with Crippen LogP contribution in [0.5, 0.6) is 23.0 Å². The number of benzene rings is 5. The van der Waals surface area contributed by atoms with Crippen LogP contribution in [0.15, 0.2) is 96.0 Å². The Labute approximate surface area is 394 Å². The Hall–Kier alpha value is -6.61. The average molecular weight is 914 g/mol. The van der Waals surface area contributed by atoms with E-state index in [1.165, 1.54) is 11.3 Å². The molecule has 2 aliphatic rings. The maximum atomic E-state index is 14.0. The van der Waals surface area contributed by atoms with E-state index < -0.39 is 0 Å². The van der Waals surface area contributed by atoms with E-state index in [9.17, 15) is 9.59 Å². The van der Waals surface area contributed by atoms with Gasteiger partial charge in [-0.3, -0.25) is 14.6 Å². The summed E-state index contributed by atoms with van der Waals surface area (Å²) in [5.74, 6) is 1.69. The summed E-state index contributed by atoms with van der Waals surface area (Å²) < 4.78 is 41.3. The lowest BCUT2D eigenvalue weighted by atomic mass is 10.1. The van der Waals surface area contributed by atoms with Crippen molar-refractivity contribution in [3.63, 3.8) is 0 Å². The zero-order valence-electron chi connectivity index (χ0n) is 39.5. The highest BCUT2D eigenvalue weighted by atomic mass is 16.5. The minimum Gasteiger partial charge on any atom is -0.493 e. The predicted octanol–water partition coefficient (Wildman–Crippen LogP) is 8.58. The Morgan fingerprint density at radius 2 is 1.43 bits per heavy atom. The van der Waals surface area contributed by atoms with E-state index in [1.807, 2.05) is 47.5 Å². The number of carbonyl (C=O) groups is 2. The first-order valence-corrected chi connectivity index (χ1v) is 22.9. The van der Waals surface area contributed by atoms with E-state index in [2.05, 4.69) is 65.5 Å². The molecule has 0 aromatic heterocycles. The summed E-state index contributed by atoms with van der Waals surface area (Å²) in [4.78, 5) is 37.5. The molecule has 0 spiro atoms. The van der Waals surface area contributed by atoms with E-state index in [-0.39, 0.29) is 25.2 Å². The molecular weight excluding hydrogens is 851 g/mol. The van der Waals surface area contributed by atoms with Gasteiger partial charge in [-0.15, -0.1) is 0 Å². The zero-order chi connectivity index (χ0) is 47.1. The molecule has 14 heteroatoms. The van der Waals surface area contributed by atoms with Crippen LogP contribution >= 0.6 is 0 Å². The third kappa shape index (κ3) is 11.9. The van der Waals surface area contributed by atoms with Gasteiger partial charge in [0, 0.05) is 81.8 Å². The number of para-hydroxylation sites is 2. The molecule has 5 aromatic rings. The smallest absolute Gasteiger partial charge is 0.260 e. The van der Waals surface area contributed by atoms with Gasteiger partial charge in [-0.25, -0.2) is 0 Å². The van der Waals surface area contributed by atoms with E-state index >= 15 is 0 Å². The second-order valence-electron chi connectivity index (χ2n) is 16.4. The van der Waals surface area contributed by atoms with Gasteiger partial charge < -0.3 is 53.2 Å². The monoisotopic (exact) mass is 913 g/mol. The highest BCUT2D eigenvalue weighted by Gasteiger charge is 2.29. The van der Waals surface area contributed by atoms with Crippen molar-refractivity contribution in [1.82, 2.24) is 0 Å². The quantitative estimate of drug-likeness (QED) is 0.0342. The summed E-state index contributed by atoms with van der Waals surface area (Å²) in [5, 5.41) is 3.21. The molecule has 0 fully saturated rings. The van der Waals surface area contributed by atoms with Crippen LogP contribution in [-0.4, -0.2) is 113 Å². The molecule has 1 atom stereocenters. The number of amides is 1. The minimum atomic E-state index is -0.112. The molecule has 14 nitrogen and oxygen atoms in total. The fourth-order valence-electron chi connectivity index (χ4n) is 8.53. The van der Waals surface area contributed by atoms with Gasteiger partial charge >= 0.3 is 0 Å². The summed E-state index contributed by atoms with van der Waals surface area (Å²) in [6, 6.07) is 29.6. The van der Waals surface area contributed by atoms with Crippen LogP contribution < -0.4 is 39.0 Å². The molecule has 0 aliphatic carbocycles. The molecule has 67 heavy (non-hydrogen) atoms. The number of aliphatic imine (C=N–C) groups is 1. The zero-order valence-corrected chi connectivity index (χ0v) is 39.5. The number of hydrogen-bond acceptors (Lipinski definition) is 13. The molecule has 0 saturated carbocycles. The maximum Gasteiger partial charge on any atom is 0.260 e. The highest BCUT2D eigenvalue weighted by Crippen LogP contribution is 2.39. The Morgan fingerprint density at radius 1 is 0.776 bits per heavy atom. The topological polar surface area (TPSA) is 133 Å². The van der Waals surface area contributed by atoms with Gasteiger partial charge in [0.25, 0.3) is 5.91 Å². The number of ether oxygens (including phenoxy) is 7. The van der Waals surface area contributed by atoms with Crippen molar-refractivity contribution in [2.75, 3.05) is 108 Å². The Balaban J connectivity index is 1.13. The lowest BCUT2D eigenvalue weighted by Gasteiger charge is -2.26. The molecule has 0 radical (unpaired) electrons. The van der Waals surface area contributed by atoms with Gasteiger partial charge in [-0.1, -0.05) is 43.3 Å². The Kier molecular flexibility index (Phi) is 17.1. The summed E-state index contributed by atoms with van der Waals surface area (Å²) in [6.45, 7) is 7.10. The second kappa shape index (κ2) is 23.7. The van der Waals surface area contributed by atoms with Crippen molar-refractivity contribution in [2.24, 2.45) is 4.99 Å². The van der Waals surface area contributed by atoms with Crippen LogP contribution in [0.2, 0.25) is 0 Å². The number of likely N-dealkylation sites (N-methyl/N-ethyl adjacent to an activating group) is 1. The third-order valence-electron chi connectivity index (χ3n) is 12.1. The van der Waals surface area contributed by atoms with Crippen LogP contribution in [0.3, 0.4) is 0 Å². The molecule has 1 unspecified atom stereocenters. The minimum absolute atomic E-state index is 0.0378. The molecule has 2 aliphatic heterocycles. The first kappa shape index (κ1) is 48.3. The molecule has 0 bridgehead atoms. The predicted molar refractivity (Wildman–Crippen MR) is 264 cm³/mol. The van der Waals surface area contributed by atoms with Crippen molar-refractivity contribution in [2.45, 2.75) is 45.4 Å². The van der Waals surface area contributed by atoms with Crippen LogP contribution in [0.1, 0.15) is 56.3 Å². The number of methoxy groups -OCH3 is 3. The van der Waals surface area contributed by atoms with E-state index in [1.54, 1.807) is 46.6 Å². The average Bonchev–Trinajstić information content (AvgIpc) is 3.94. The van der Waals surface area contributed by atoms with E-state index in [0.29, 0.717) is 91.6 Å². The molecule has 2 heterocycles. The van der Waals surface area contributed by atoms with Gasteiger partial charge in [0.05, 0.1) is 70.2 Å². The van der Waals surface area contributed by atoms with Crippen molar-refractivity contribution in [3.8, 4) is 23.0 Å². The van der Waals surface area contributed by atoms with Crippen LogP contribution in [0.25, 0.3) is 0 Å². The third-order valence-corrected chi connectivity index (χ3v) is 12.1. The van der Waals surface area contributed by atoms with Crippen LogP contribution in [-0.2, 0) is 40.3 Å². The van der Waals surface area contributed by atoms with Crippen molar-refractivity contribution in [1.29, 1.82) is 0 Å². The summed E-state index contributed by atoms with van der Waals surface area (Å²) in [7, 11) is 8.63.